The van der Waals surface area contributed by atoms with Gasteiger partial charge in [0.2, 0.25) is 0 Å². The van der Waals surface area contributed by atoms with Gasteiger partial charge in [0, 0.05) is 0 Å². The Morgan fingerprint density at radius 2 is 1.04 bits per heavy atom. The molecular weight excluding hydrogens is 577 g/mol. The minimum atomic E-state index is 0.525. The molecule has 15 unspecified atom stereocenters. The fourth-order valence-corrected chi connectivity index (χ4v) is 17.8. The Balaban J connectivity index is 1.23. The Labute approximate surface area is 300 Å². The molecule has 0 aromatic heterocycles. The van der Waals surface area contributed by atoms with Crippen LogP contribution in [0.4, 0.5) is 0 Å². The van der Waals surface area contributed by atoms with E-state index in [1.165, 1.54) is 25.7 Å². The number of hydrogen-bond donors (Lipinski definition) is 0. The van der Waals surface area contributed by atoms with E-state index in [-0.39, 0.29) is 0 Å². The van der Waals surface area contributed by atoms with Gasteiger partial charge < -0.3 is 0 Å². The third-order valence-corrected chi connectivity index (χ3v) is 21.0. The maximum absolute atomic E-state index is 2.76. The van der Waals surface area contributed by atoms with E-state index in [0.717, 1.165) is 94.7 Å². The molecular formula is C48H82. The fraction of sp³-hybridized carbons (Fsp3) is 1.00. The second kappa shape index (κ2) is 13.1. The average molecular weight is 659 g/mol. The number of fused-ring (bicyclic) bond motifs is 12. The fourth-order valence-electron chi connectivity index (χ4n) is 17.8. The highest BCUT2D eigenvalue weighted by atomic mass is 14.7. The minimum absolute atomic E-state index is 0.525. The van der Waals surface area contributed by atoms with Crippen LogP contribution in [0.1, 0.15) is 190 Å². The van der Waals surface area contributed by atoms with E-state index in [4.69, 9.17) is 0 Å². The first-order chi connectivity index (χ1) is 23.1. The molecule has 0 N–H and O–H groups in total. The third-order valence-electron chi connectivity index (χ3n) is 21.0. The second-order valence-electron chi connectivity index (χ2n) is 22.0. The quantitative estimate of drug-likeness (QED) is 0.255. The summed E-state index contributed by atoms with van der Waals surface area (Å²) < 4.78 is 0. The summed E-state index contributed by atoms with van der Waals surface area (Å²) in [6, 6.07) is 0. The molecule has 48 heavy (non-hydrogen) atoms. The van der Waals surface area contributed by atoms with Gasteiger partial charge in [0.25, 0.3) is 0 Å². The summed E-state index contributed by atoms with van der Waals surface area (Å²) in [6.45, 7) is 21.1. The summed E-state index contributed by atoms with van der Waals surface area (Å²) in [5.74, 6) is 16.9. The molecule has 0 heteroatoms. The Morgan fingerprint density at radius 3 is 1.65 bits per heavy atom. The molecule has 0 aromatic rings. The maximum atomic E-state index is 2.76. The van der Waals surface area contributed by atoms with Gasteiger partial charge in [-0.1, -0.05) is 120 Å². The standard InChI is InChI=1S/C48H82/c1-9-46(7,10-2)34-26-35(47(8,11-3)12-4)29-48(28-34)42-22-21-37-40-24-32-18-14-13-17-31(32)23-33(40)25-41(37)45(42)44-38-20-16-15-19-36(38)39(30(5)6)27-43(44)48/h30-45H,9-29H2,1-8H3. The molecule has 0 aromatic carbocycles. The summed E-state index contributed by atoms with van der Waals surface area (Å²) in [4.78, 5) is 0. The lowest BCUT2D eigenvalue weighted by molar-refractivity contribution is -0.102. The van der Waals surface area contributed by atoms with Crippen molar-refractivity contribution in [1.29, 1.82) is 0 Å². The smallest absolute Gasteiger partial charge is 0.0229 e. The molecule has 8 fully saturated rings. The average Bonchev–Trinajstić information content (AvgIpc) is 3.61. The predicted octanol–water partition coefficient (Wildman–Crippen LogP) is 14.3. The maximum Gasteiger partial charge on any atom is -0.0229 e. The van der Waals surface area contributed by atoms with E-state index < -0.39 is 0 Å². The monoisotopic (exact) mass is 659 g/mol. The zero-order valence-electron chi connectivity index (χ0n) is 33.6. The molecule has 274 valence electrons. The van der Waals surface area contributed by atoms with Crippen molar-refractivity contribution in [2.45, 2.75) is 190 Å². The number of rotatable bonds is 7. The van der Waals surface area contributed by atoms with Gasteiger partial charge in [-0.05, 0) is 182 Å². The Kier molecular flexibility index (Phi) is 9.60. The van der Waals surface area contributed by atoms with Gasteiger partial charge in [0.1, 0.15) is 0 Å². The van der Waals surface area contributed by atoms with Crippen LogP contribution < -0.4 is 0 Å². The van der Waals surface area contributed by atoms with Gasteiger partial charge in [0.05, 0.1) is 0 Å². The van der Waals surface area contributed by atoms with E-state index in [0.29, 0.717) is 16.2 Å². The van der Waals surface area contributed by atoms with Crippen LogP contribution in [0.15, 0.2) is 0 Å². The van der Waals surface area contributed by atoms with E-state index in [2.05, 4.69) is 55.4 Å². The van der Waals surface area contributed by atoms with Crippen LogP contribution >= 0.6 is 0 Å². The van der Waals surface area contributed by atoms with Gasteiger partial charge in [-0.25, -0.2) is 0 Å². The first-order valence-electron chi connectivity index (χ1n) is 23.1. The molecule has 0 radical (unpaired) electrons. The van der Waals surface area contributed by atoms with Crippen molar-refractivity contribution < 1.29 is 0 Å². The van der Waals surface area contributed by atoms with Crippen molar-refractivity contribution >= 4 is 0 Å². The van der Waals surface area contributed by atoms with Crippen LogP contribution in [-0.4, -0.2) is 0 Å². The molecule has 8 rings (SSSR count). The van der Waals surface area contributed by atoms with Crippen molar-refractivity contribution in [3.8, 4) is 0 Å². The van der Waals surface area contributed by atoms with Gasteiger partial charge >= 0.3 is 0 Å². The summed E-state index contributed by atoms with van der Waals surface area (Å²) in [7, 11) is 0. The molecule has 8 aliphatic carbocycles. The first-order valence-corrected chi connectivity index (χ1v) is 23.1. The van der Waals surface area contributed by atoms with E-state index in [1.807, 2.05) is 0 Å². The van der Waals surface area contributed by atoms with Crippen LogP contribution in [0.5, 0.6) is 0 Å². The van der Waals surface area contributed by atoms with Crippen LogP contribution in [-0.2, 0) is 0 Å². The van der Waals surface area contributed by atoms with E-state index in [9.17, 15) is 0 Å². The van der Waals surface area contributed by atoms with Crippen LogP contribution in [0.25, 0.3) is 0 Å². The van der Waals surface area contributed by atoms with Crippen LogP contribution in [0, 0.1) is 111 Å². The molecule has 0 saturated heterocycles. The highest BCUT2D eigenvalue weighted by Crippen LogP contribution is 2.77. The molecule has 8 aliphatic rings. The topological polar surface area (TPSA) is 0 Å². The van der Waals surface area contributed by atoms with Gasteiger partial charge in [-0.15, -0.1) is 0 Å². The van der Waals surface area contributed by atoms with Crippen molar-refractivity contribution in [3.63, 3.8) is 0 Å². The molecule has 0 nitrogen and oxygen atoms in total. The molecule has 8 saturated carbocycles. The van der Waals surface area contributed by atoms with Gasteiger partial charge in [-0.3, -0.25) is 0 Å². The zero-order valence-corrected chi connectivity index (χ0v) is 33.6. The highest BCUT2D eigenvalue weighted by molar-refractivity contribution is 5.19. The Morgan fingerprint density at radius 1 is 0.500 bits per heavy atom. The third kappa shape index (κ3) is 5.27. The lowest BCUT2D eigenvalue weighted by Gasteiger charge is -2.59. The zero-order chi connectivity index (χ0) is 33.6. The van der Waals surface area contributed by atoms with Crippen LogP contribution in [0.2, 0.25) is 0 Å². The van der Waals surface area contributed by atoms with E-state index in [1.54, 1.807) is 109 Å². The number of hydrogen-bond acceptors (Lipinski definition) is 0. The minimum Gasteiger partial charge on any atom is -0.0649 e. The molecule has 0 bridgehead atoms. The molecule has 0 heterocycles. The van der Waals surface area contributed by atoms with Crippen molar-refractivity contribution in [3.05, 3.63) is 0 Å². The Hall–Kier alpha value is 0. The summed E-state index contributed by atoms with van der Waals surface area (Å²) in [6.07, 6.45) is 32.9. The summed E-state index contributed by atoms with van der Waals surface area (Å²) in [5.41, 5.74) is 1.69. The van der Waals surface area contributed by atoms with E-state index >= 15 is 0 Å². The van der Waals surface area contributed by atoms with Crippen molar-refractivity contribution in [1.82, 2.24) is 0 Å². The van der Waals surface area contributed by atoms with Crippen LogP contribution in [0.3, 0.4) is 0 Å². The van der Waals surface area contributed by atoms with Crippen molar-refractivity contribution in [2.75, 3.05) is 0 Å². The second-order valence-corrected chi connectivity index (χ2v) is 22.0. The predicted molar refractivity (Wildman–Crippen MR) is 205 cm³/mol. The largest absolute Gasteiger partial charge is 0.0649 e. The SMILES string of the molecule is CCC(C)(CC)C1CC(C(C)(CC)CC)CC2(C1)C1CC(C(C)C)C3CCCCC3C1C1C3CC4CC5CCCCC5CC4C3CCC12. The lowest BCUT2D eigenvalue weighted by atomic mass is 9.45. The normalized spacial score (nSPS) is 50.3. The Bertz CT molecular complexity index is 1080. The molecule has 0 aliphatic heterocycles. The molecule has 0 amide bonds. The summed E-state index contributed by atoms with van der Waals surface area (Å²) >= 11 is 0. The lowest BCUT2D eigenvalue weighted by Crippen LogP contribution is -2.51. The summed E-state index contributed by atoms with van der Waals surface area (Å²) in [5, 5.41) is 0. The molecule has 1 spiro atoms. The van der Waals surface area contributed by atoms with Crippen molar-refractivity contribution in [2.24, 2.45) is 111 Å². The van der Waals surface area contributed by atoms with Gasteiger partial charge in [-0.2, -0.15) is 0 Å². The highest BCUT2D eigenvalue weighted by Gasteiger charge is 2.70. The first kappa shape index (κ1) is 35.1. The molecule has 15 atom stereocenters. The van der Waals surface area contributed by atoms with Gasteiger partial charge in [0.15, 0.2) is 0 Å².